The summed E-state index contributed by atoms with van der Waals surface area (Å²) in [7, 11) is -3.76. The van der Waals surface area contributed by atoms with E-state index in [4.69, 9.17) is 9.88 Å². The van der Waals surface area contributed by atoms with Crippen LogP contribution in [0.25, 0.3) is 0 Å². The van der Waals surface area contributed by atoms with Gasteiger partial charge in [0.2, 0.25) is 10.0 Å². The van der Waals surface area contributed by atoms with Crippen molar-refractivity contribution in [2.45, 2.75) is 43.6 Å². The van der Waals surface area contributed by atoms with Gasteiger partial charge in [-0.25, -0.2) is 13.6 Å². The molecule has 5 nitrogen and oxygen atoms in total. The van der Waals surface area contributed by atoms with Crippen LogP contribution in [-0.4, -0.2) is 19.5 Å². The molecule has 6 heteroatoms. The first-order valence-corrected chi connectivity index (χ1v) is 7.12. The minimum absolute atomic E-state index is 0.00157. The standard InChI is InChI=1S/C11H16N2O3S/c1-7(2)11-10(17(12,14)15)5-9(6-13-11)16-8-3-4-8/h5-8H,3-4H2,1-2H3,(H2,12,14,15). The largest absolute Gasteiger partial charge is 0.489 e. The molecule has 1 aliphatic carbocycles. The molecule has 17 heavy (non-hydrogen) atoms. The van der Waals surface area contributed by atoms with Gasteiger partial charge in [0.15, 0.2) is 0 Å². The van der Waals surface area contributed by atoms with Crippen molar-refractivity contribution in [3.8, 4) is 5.75 Å². The second-order valence-electron chi connectivity index (χ2n) is 4.57. The summed E-state index contributed by atoms with van der Waals surface area (Å²) >= 11 is 0. The van der Waals surface area contributed by atoms with Gasteiger partial charge in [-0.05, 0) is 18.8 Å². The minimum Gasteiger partial charge on any atom is -0.489 e. The van der Waals surface area contributed by atoms with Gasteiger partial charge in [0.1, 0.15) is 10.6 Å². The number of pyridine rings is 1. The second kappa shape index (κ2) is 4.27. The molecular formula is C11H16N2O3S. The lowest BCUT2D eigenvalue weighted by Crippen LogP contribution is -2.16. The molecule has 1 saturated carbocycles. The predicted molar refractivity (Wildman–Crippen MR) is 63.3 cm³/mol. The molecule has 2 N–H and O–H groups in total. The van der Waals surface area contributed by atoms with Gasteiger partial charge in [0.25, 0.3) is 0 Å². The van der Waals surface area contributed by atoms with Crippen molar-refractivity contribution in [3.05, 3.63) is 18.0 Å². The van der Waals surface area contributed by atoms with E-state index in [1.54, 1.807) is 6.20 Å². The first kappa shape index (κ1) is 12.3. The van der Waals surface area contributed by atoms with E-state index in [1.165, 1.54) is 6.07 Å². The molecule has 2 rings (SSSR count). The van der Waals surface area contributed by atoms with Crippen molar-refractivity contribution in [2.24, 2.45) is 5.14 Å². The molecule has 0 spiro atoms. The fourth-order valence-corrected chi connectivity index (χ4v) is 2.40. The van der Waals surface area contributed by atoms with Gasteiger partial charge in [-0.1, -0.05) is 13.8 Å². The summed E-state index contributed by atoms with van der Waals surface area (Å²) in [6.45, 7) is 3.75. The van der Waals surface area contributed by atoms with Gasteiger partial charge in [-0.2, -0.15) is 0 Å². The Morgan fingerprint density at radius 2 is 2.12 bits per heavy atom. The molecular weight excluding hydrogens is 240 g/mol. The van der Waals surface area contributed by atoms with Crippen LogP contribution in [0.15, 0.2) is 17.2 Å². The zero-order valence-electron chi connectivity index (χ0n) is 9.88. The summed E-state index contributed by atoms with van der Waals surface area (Å²) in [6, 6.07) is 1.47. The molecule has 0 aliphatic heterocycles. The van der Waals surface area contributed by atoms with Crippen molar-refractivity contribution >= 4 is 10.0 Å². The molecule has 0 radical (unpaired) electrons. The van der Waals surface area contributed by atoms with Crippen LogP contribution in [0.5, 0.6) is 5.75 Å². The normalized spacial score (nSPS) is 16.2. The van der Waals surface area contributed by atoms with Crippen LogP contribution < -0.4 is 9.88 Å². The van der Waals surface area contributed by atoms with Gasteiger partial charge >= 0.3 is 0 Å². The Labute approximate surface area is 101 Å². The Balaban J connectivity index is 2.41. The fourth-order valence-electron chi connectivity index (χ4n) is 1.54. The molecule has 0 amide bonds. The molecule has 1 aliphatic rings. The molecule has 0 aromatic carbocycles. The van der Waals surface area contributed by atoms with Crippen LogP contribution in [0.3, 0.4) is 0 Å². The zero-order valence-corrected chi connectivity index (χ0v) is 10.7. The molecule has 1 aromatic heterocycles. The number of ether oxygens (including phenoxy) is 1. The lowest BCUT2D eigenvalue weighted by atomic mass is 10.1. The summed E-state index contributed by atoms with van der Waals surface area (Å²) in [5.41, 5.74) is 0.482. The first-order chi connectivity index (χ1) is 7.88. The van der Waals surface area contributed by atoms with Crippen LogP contribution in [0, 0.1) is 0 Å². The van der Waals surface area contributed by atoms with Gasteiger partial charge in [0, 0.05) is 6.07 Å². The lowest BCUT2D eigenvalue weighted by Gasteiger charge is -2.12. The Hall–Kier alpha value is -1.14. The number of aromatic nitrogens is 1. The van der Waals surface area contributed by atoms with Crippen molar-refractivity contribution in [2.75, 3.05) is 0 Å². The molecule has 1 aromatic rings. The average Bonchev–Trinajstić information content (AvgIpc) is 3.00. The highest BCUT2D eigenvalue weighted by Crippen LogP contribution is 2.29. The van der Waals surface area contributed by atoms with E-state index in [1.807, 2.05) is 13.8 Å². The summed E-state index contributed by atoms with van der Waals surface area (Å²) < 4.78 is 28.5. The molecule has 0 atom stereocenters. The van der Waals surface area contributed by atoms with E-state index >= 15 is 0 Å². The highest BCUT2D eigenvalue weighted by atomic mass is 32.2. The molecule has 94 valence electrons. The first-order valence-electron chi connectivity index (χ1n) is 5.57. The monoisotopic (exact) mass is 256 g/mol. The maximum atomic E-state index is 11.5. The maximum absolute atomic E-state index is 11.5. The topological polar surface area (TPSA) is 82.3 Å². The number of nitrogens with zero attached hydrogens (tertiary/aromatic N) is 1. The number of rotatable bonds is 4. The highest BCUT2D eigenvalue weighted by Gasteiger charge is 2.25. The van der Waals surface area contributed by atoms with Gasteiger partial charge in [-0.3, -0.25) is 4.98 Å². The Bertz CT molecular complexity index is 522. The van der Waals surface area contributed by atoms with Crippen LogP contribution in [-0.2, 0) is 10.0 Å². The van der Waals surface area contributed by atoms with E-state index in [2.05, 4.69) is 4.98 Å². The van der Waals surface area contributed by atoms with E-state index < -0.39 is 10.0 Å². The molecule has 1 heterocycles. The van der Waals surface area contributed by atoms with Gasteiger partial charge in [0.05, 0.1) is 18.0 Å². The maximum Gasteiger partial charge on any atom is 0.240 e. The third-order valence-electron chi connectivity index (χ3n) is 2.54. The predicted octanol–water partition coefficient (Wildman–Crippen LogP) is 1.39. The van der Waals surface area contributed by atoms with Crippen LogP contribution >= 0.6 is 0 Å². The van der Waals surface area contributed by atoms with E-state index in [0.29, 0.717) is 11.4 Å². The van der Waals surface area contributed by atoms with Crippen molar-refractivity contribution in [3.63, 3.8) is 0 Å². The van der Waals surface area contributed by atoms with E-state index in [0.717, 1.165) is 12.8 Å². The summed E-state index contributed by atoms with van der Waals surface area (Å²) in [5, 5.41) is 5.19. The number of primary sulfonamides is 1. The molecule has 0 unspecified atom stereocenters. The smallest absolute Gasteiger partial charge is 0.240 e. The quantitative estimate of drug-likeness (QED) is 0.882. The Kier molecular flexibility index (Phi) is 3.09. The zero-order chi connectivity index (χ0) is 12.6. The van der Waals surface area contributed by atoms with E-state index in [9.17, 15) is 8.42 Å². The summed E-state index contributed by atoms with van der Waals surface area (Å²) in [6.07, 6.45) is 3.78. The SMILES string of the molecule is CC(C)c1ncc(OC2CC2)cc1S(N)(=O)=O. The number of sulfonamides is 1. The molecule has 1 fully saturated rings. The third-order valence-corrected chi connectivity index (χ3v) is 3.48. The van der Waals surface area contributed by atoms with Crippen molar-refractivity contribution in [1.29, 1.82) is 0 Å². The van der Waals surface area contributed by atoms with Gasteiger partial charge in [-0.15, -0.1) is 0 Å². The molecule has 0 bridgehead atoms. The molecule has 0 saturated heterocycles. The summed E-state index contributed by atoms with van der Waals surface area (Å²) in [4.78, 5) is 4.20. The third kappa shape index (κ3) is 2.95. The van der Waals surface area contributed by atoms with Crippen molar-refractivity contribution in [1.82, 2.24) is 4.98 Å². The van der Waals surface area contributed by atoms with Crippen LogP contribution in [0.1, 0.15) is 38.3 Å². The summed E-state index contributed by atoms with van der Waals surface area (Å²) in [5.74, 6) is 0.472. The lowest BCUT2D eigenvalue weighted by molar-refractivity contribution is 0.300. The minimum atomic E-state index is -3.76. The second-order valence-corrected chi connectivity index (χ2v) is 6.10. The number of hydrogen-bond acceptors (Lipinski definition) is 4. The van der Waals surface area contributed by atoms with Crippen LogP contribution in [0.2, 0.25) is 0 Å². The van der Waals surface area contributed by atoms with Gasteiger partial charge < -0.3 is 4.74 Å². The van der Waals surface area contributed by atoms with E-state index in [-0.39, 0.29) is 16.9 Å². The number of hydrogen-bond donors (Lipinski definition) is 1. The Morgan fingerprint density at radius 1 is 1.47 bits per heavy atom. The average molecular weight is 256 g/mol. The van der Waals surface area contributed by atoms with Crippen LogP contribution in [0.4, 0.5) is 0 Å². The Morgan fingerprint density at radius 3 is 2.59 bits per heavy atom. The highest BCUT2D eigenvalue weighted by molar-refractivity contribution is 7.89. The number of nitrogens with two attached hydrogens (primary N) is 1. The van der Waals surface area contributed by atoms with Crippen molar-refractivity contribution < 1.29 is 13.2 Å². The fraction of sp³-hybridized carbons (Fsp3) is 0.545.